The molecule has 0 bridgehead atoms. The molecule has 7 nitrogen and oxygen atoms in total. The van der Waals surface area contributed by atoms with Crippen molar-refractivity contribution in [3.63, 3.8) is 0 Å². The third-order valence-corrected chi connectivity index (χ3v) is 3.42. The van der Waals surface area contributed by atoms with Gasteiger partial charge in [0.25, 0.3) is 0 Å². The fraction of sp³-hybridized carbons (Fsp3) is 0.636. The Morgan fingerprint density at radius 2 is 2.26 bits per heavy atom. The van der Waals surface area contributed by atoms with Crippen LogP contribution in [0.5, 0.6) is 0 Å². The fourth-order valence-electron chi connectivity index (χ4n) is 2.37. The first-order valence-electron chi connectivity index (χ1n) is 6.11. The van der Waals surface area contributed by atoms with Crippen molar-refractivity contribution in [2.45, 2.75) is 19.4 Å². The number of hydrogen-bond acceptors (Lipinski definition) is 6. The van der Waals surface area contributed by atoms with Gasteiger partial charge in [-0.3, -0.25) is 10.1 Å². The van der Waals surface area contributed by atoms with Gasteiger partial charge in [-0.2, -0.15) is 4.98 Å². The number of likely N-dealkylation sites (N-methyl/N-ethyl adjacent to an activating group) is 1. The molecule has 1 aromatic rings. The molecule has 1 atom stereocenters. The van der Waals surface area contributed by atoms with Crippen LogP contribution >= 0.6 is 11.6 Å². The van der Waals surface area contributed by atoms with Crippen molar-refractivity contribution in [3.8, 4) is 0 Å². The molecular weight excluding hydrogens is 270 g/mol. The summed E-state index contributed by atoms with van der Waals surface area (Å²) in [6.07, 6.45) is 2.10. The second kappa shape index (κ2) is 5.66. The van der Waals surface area contributed by atoms with Gasteiger partial charge < -0.3 is 9.80 Å². The zero-order chi connectivity index (χ0) is 14.0. The SMILES string of the molecule is CC1CN(C)CCCN1c1nc(Cl)ncc1[N+](=O)[O-]. The van der Waals surface area contributed by atoms with E-state index in [9.17, 15) is 10.1 Å². The Morgan fingerprint density at radius 1 is 1.53 bits per heavy atom. The first-order chi connectivity index (χ1) is 8.99. The highest BCUT2D eigenvalue weighted by molar-refractivity contribution is 6.28. The van der Waals surface area contributed by atoms with Crippen LogP contribution in [0.1, 0.15) is 13.3 Å². The van der Waals surface area contributed by atoms with E-state index in [0.717, 1.165) is 26.1 Å². The van der Waals surface area contributed by atoms with Gasteiger partial charge in [-0.25, -0.2) is 4.98 Å². The lowest BCUT2D eigenvalue weighted by molar-refractivity contribution is -0.384. The van der Waals surface area contributed by atoms with Crippen molar-refractivity contribution in [2.24, 2.45) is 0 Å². The van der Waals surface area contributed by atoms with Crippen LogP contribution in [0.3, 0.4) is 0 Å². The molecular formula is C11H16ClN5O2. The van der Waals surface area contributed by atoms with Crippen LogP contribution in [0.2, 0.25) is 5.28 Å². The summed E-state index contributed by atoms with van der Waals surface area (Å²) in [5, 5.41) is 11.1. The minimum atomic E-state index is -0.465. The van der Waals surface area contributed by atoms with Crippen LogP contribution in [0.4, 0.5) is 11.5 Å². The molecule has 0 radical (unpaired) electrons. The summed E-state index contributed by atoms with van der Waals surface area (Å²) in [6, 6.07) is 0.136. The van der Waals surface area contributed by atoms with Crippen molar-refractivity contribution >= 4 is 23.1 Å². The maximum Gasteiger partial charge on any atom is 0.329 e. The number of anilines is 1. The standard InChI is InChI=1S/C11H16ClN5O2/c1-8-7-15(2)4-3-5-16(8)10-9(17(18)19)6-13-11(12)14-10/h6,8H,3-5,7H2,1-2H3. The lowest BCUT2D eigenvalue weighted by atomic mass is 10.2. The summed E-state index contributed by atoms with van der Waals surface area (Å²) in [7, 11) is 2.04. The lowest BCUT2D eigenvalue weighted by Gasteiger charge is -2.28. The molecule has 0 N–H and O–H groups in total. The molecule has 2 heterocycles. The molecule has 0 amide bonds. The summed E-state index contributed by atoms with van der Waals surface area (Å²) in [5.74, 6) is 0.313. The minimum Gasteiger partial charge on any atom is -0.347 e. The molecule has 104 valence electrons. The van der Waals surface area contributed by atoms with E-state index in [1.54, 1.807) is 0 Å². The topological polar surface area (TPSA) is 75.4 Å². The van der Waals surface area contributed by atoms with Gasteiger partial charge in [0.15, 0.2) is 0 Å². The molecule has 19 heavy (non-hydrogen) atoms. The Labute approximate surface area is 116 Å². The van der Waals surface area contributed by atoms with E-state index in [1.807, 2.05) is 18.9 Å². The van der Waals surface area contributed by atoms with Crippen LogP contribution in [0, 0.1) is 10.1 Å². The average molecular weight is 286 g/mol. The van der Waals surface area contributed by atoms with E-state index in [-0.39, 0.29) is 17.0 Å². The zero-order valence-electron chi connectivity index (χ0n) is 10.9. The van der Waals surface area contributed by atoms with Crippen molar-refractivity contribution in [3.05, 3.63) is 21.6 Å². The molecule has 0 saturated carbocycles. The van der Waals surface area contributed by atoms with Gasteiger partial charge in [-0.15, -0.1) is 0 Å². The van der Waals surface area contributed by atoms with Crippen LogP contribution in [0.15, 0.2) is 6.20 Å². The third kappa shape index (κ3) is 3.10. The van der Waals surface area contributed by atoms with Crippen molar-refractivity contribution < 1.29 is 4.92 Å². The average Bonchev–Trinajstić information content (AvgIpc) is 2.49. The molecule has 1 unspecified atom stereocenters. The van der Waals surface area contributed by atoms with Gasteiger partial charge in [0, 0.05) is 19.1 Å². The fourth-order valence-corrected chi connectivity index (χ4v) is 2.50. The smallest absolute Gasteiger partial charge is 0.329 e. The van der Waals surface area contributed by atoms with E-state index < -0.39 is 4.92 Å². The van der Waals surface area contributed by atoms with E-state index >= 15 is 0 Å². The van der Waals surface area contributed by atoms with E-state index in [4.69, 9.17) is 11.6 Å². The van der Waals surface area contributed by atoms with Gasteiger partial charge in [-0.1, -0.05) is 0 Å². The number of rotatable bonds is 2. The van der Waals surface area contributed by atoms with Crippen molar-refractivity contribution in [1.29, 1.82) is 0 Å². The molecule has 1 aliphatic heterocycles. The van der Waals surface area contributed by atoms with Crippen molar-refractivity contribution in [2.75, 3.05) is 31.6 Å². The van der Waals surface area contributed by atoms with Gasteiger partial charge >= 0.3 is 5.69 Å². The monoisotopic (exact) mass is 285 g/mol. The number of nitro groups is 1. The third-order valence-electron chi connectivity index (χ3n) is 3.24. The van der Waals surface area contributed by atoms with Gasteiger partial charge in [-0.05, 0) is 38.5 Å². The maximum atomic E-state index is 11.1. The minimum absolute atomic E-state index is 0.0328. The predicted octanol–water partition coefficient (Wildman–Crippen LogP) is 1.57. The molecule has 2 rings (SSSR count). The summed E-state index contributed by atoms with van der Waals surface area (Å²) in [5.41, 5.74) is -0.0965. The Hall–Kier alpha value is -1.47. The van der Waals surface area contributed by atoms with Crippen LogP contribution in [0.25, 0.3) is 0 Å². The highest BCUT2D eigenvalue weighted by Crippen LogP contribution is 2.28. The summed E-state index contributed by atoms with van der Waals surface area (Å²) < 4.78 is 0. The first kappa shape index (κ1) is 14.0. The summed E-state index contributed by atoms with van der Waals surface area (Å²) in [6.45, 7) is 4.55. The van der Waals surface area contributed by atoms with Crippen molar-refractivity contribution in [1.82, 2.24) is 14.9 Å². The first-order valence-corrected chi connectivity index (χ1v) is 6.49. The number of nitrogens with zero attached hydrogens (tertiary/aromatic N) is 5. The molecule has 0 aromatic carbocycles. The lowest BCUT2D eigenvalue weighted by Crippen LogP contribution is -2.38. The molecule has 0 aliphatic carbocycles. The molecule has 1 saturated heterocycles. The molecule has 8 heteroatoms. The molecule has 1 aliphatic rings. The van der Waals surface area contributed by atoms with E-state index in [2.05, 4.69) is 14.9 Å². The molecule has 1 fully saturated rings. The normalized spacial score (nSPS) is 21.2. The quantitative estimate of drug-likeness (QED) is 0.466. The Morgan fingerprint density at radius 3 is 2.95 bits per heavy atom. The predicted molar refractivity (Wildman–Crippen MR) is 72.6 cm³/mol. The highest BCUT2D eigenvalue weighted by atomic mass is 35.5. The molecule has 1 aromatic heterocycles. The number of halogens is 1. The van der Waals surface area contributed by atoms with E-state index in [0.29, 0.717) is 5.82 Å². The van der Waals surface area contributed by atoms with Crippen LogP contribution in [-0.2, 0) is 0 Å². The Bertz CT molecular complexity index is 484. The van der Waals surface area contributed by atoms with Crippen LogP contribution < -0.4 is 4.90 Å². The second-order valence-electron chi connectivity index (χ2n) is 4.76. The van der Waals surface area contributed by atoms with Gasteiger partial charge in [0.05, 0.1) is 4.92 Å². The number of aromatic nitrogens is 2. The van der Waals surface area contributed by atoms with E-state index in [1.165, 1.54) is 6.20 Å². The summed E-state index contributed by atoms with van der Waals surface area (Å²) in [4.78, 5) is 22.5. The highest BCUT2D eigenvalue weighted by Gasteiger charge is 2.28. The maximum absolute atomic E-state index is 11.1. The Kier molecular flexibility index (Phi) is 4.16. The number of hydrogen-bond donors (Lipinski definition) is 0. The molecule has 0 spiro atoms. The zero-order valence-corrected chi connectivity index (χ0v) is 11.7. The van der Waals surface area contributed by atoms with Gasteiger partial charge in [0.2, 0.25) is 11.1 Å². The second-order valence-corrected chi connectivity index (χ2v) is 5.10. The van der Waals surface area contributed by atoms with Crippen LogP contribution in [-0.4, -0.2) is 52.5 Å². The van der Waals surface area contributed by atoms with Gasteiger partial charge in [0.1, 0.15) is 6.20 Å². The Balaban J connectivity index is 2.38. The largest absolute Gasteiger partial charge is 0.347 e. The summed E-state index contributed by atoms with van der Waals surface area (Å²) >= 11 is 5.78.